The zero-order chi connectivity index (χ0) is 27.4. The van der Waals surface area contributed by atoms with Gasteiger partial charge in [0, 0.05) is 37.3 Å². The largest absolute Gasteiger partial charge is 0.417 e. The van der Waals surface area contributed by atoms with E-state index in [1.165, 1.54) is 58.3 Å². The van der Waals surface area contributed by atoms with Crippen LogP contribution in [0.15, 0.2) is 66.7 Å². The molecule has 1 aliphatic heterocycles. The average Bonchev–Trinajstić information content (AvgIpc) is 2.92. The molecule has 0 aliphatic carbocycles. The smallest absolute Gasteiger partial charge is 0.343 e. The molecule has 3 amide bonds. The molecule has 198 valence electrons. The van der Waals surface area contributed by atoms with E-state index in [-0.39, 0.29) is 43.9 Å². The van der Waals surface area contributed by atoms with Crippen LogP contribution in [0.25, 0.3) is 11.1 Å². The van der Waals surface area contributed by atoms with Gasteiger partial charge in [0.1, 0.15) is 0 Å². The van der Waals surface area contributed by atoms with E-state index < -0.39 is 46.7 Å². The highest BCUT2D eigenvalue weighted by Crippen LogP contribution is 2.32. The van der Waals surface area contributed by atoms with Gasteiger partial charge in [-0.25, -0.2) is 8.78 Å². The molecule has 0 saturated carbocycles. The van der Waals surface area contributed by atoms with Crippen molar-refractivity contribution < 1.29 is 36.3 Å². The van der Waals surface area contributed by atoms with Crippen LogP contribution in [0, 0.1) is 11.6 Å². The maximum Gasteiger partial charge on any atom is 0.417 e. The lowest BCUT2D eigenvalue weighted by atomic mass is 10.0. The fourth-order valence-electron chi connectivity index (χ4n) is 4.14. The van der Waals surface area contributed by atoms with Crippen LogP contribution >= 0.6 is 0 Å². The number of hydrogen-bond donors (Lipinski definition) is 1. The van der Waals surface area contributed by atoms with E-state index in [1.807, 2.05) is 0 Å². The predicted octanol–water partition coefficient (Wildman–Crippen LogP) is 4.37. The molecule has 3 aromatic carbocycles. The molecule has 0 bridgehead atoms. The highest BCUT2D eigenvalue weighted by atomic mass is 19.4. The van der Waals surface area contributed by atoms with E-state index in [2.05, 4.69) is 5.32 Å². The summed E-state index contributed by atoms with van der Waals surface area (Å²) >= 11 is 0. The quantitative estimate of drug-likeness (QED) is 0.498. The number of carbonyl (C=O) groups excluding carboxylic acids is 3. The van der Waals surface area contributed by atoms with Crippen molar-refractivity contribution in [3.8, 4) is 11.1 Å². The van der Waals surface area contributed by atoms with Gasteiger partial charge in [-0.3, -0.25) is 14.4 Å². The van der Waals surface area contributed by atoms with Gasteiger partial charge < -0.3 is 15.1 Å². The third-order valence-electron chi connectivity index (χ3n) is 6.19. The summed E-state index contributed by atoms with van der Waals surface area (Å²) in [4.78, 5) is 40.4. The van der Waals surface area contributed by atoms with Crippen LogP contribution in [0.5, 0.6) is 0 Å². The van der Waals surface area contributed by atoms with Gasteiger partial charge in [0.15, 0.2) is 11.6 Å². The van der Waals surface area contributed by atoms with Crippen molar-refractivity contribution in [2.75, 3.05) is 32.7 Å². The van der Waals surface area contributed by atoms with Crippen LogP contribution in [0.2, 0.25) is 0 Å². The molecule has 11 heteroatoms. The SMILES string of the molecule is O=C(NCC(=O)N1CCN(C(=O)c2ccccc2C(F)(F)F)CC1)c1ccc(-c2cccc(F)c2F)cc1. The summed E-state index contributed by atoms with van der Waals surface area (Å²) in [6, 6.07) is 14.1. The Morgan fingerprint density at radius 2 is 1.42 bits per heavy atom. The Balaban J connectivity index is 1.30. The Morgan fingerprint density at radius 1 is 0.789 bits per heavy atom. The zero-order valence-corrected chi connectivity index (χ0v) is 19.9. The first-order valence-electron chi connectivity index (χ1n) is 11.6. The van der Waals surface area contributed by atoms with Gasteiger partial charge in [0.05, 0.1) is 17.7 Å². The second-order valence-electron chi connectivity index (χ2n) is 8.58. The predicted molar refractivity (Wildman–Crippen MR) is 128 cm³/mol. The number of alkyl halides is 3. The summed E-state index contributed by atoms with van der Waals surface area (Å²) in [5.74, 6) is -3.72. The van der Waals surface area contributed by atoms with Crippen molar-refractivity contribution in [2.24, 2.45) is 0 Å². The van der Waals surface area contributed by atoms with Crippen molar-refractivity contribution in [3.63, 3.8) is 0 Å². The number of rotatable bonds is 5. The number of nitrogens with zero attached hydrogens (tertiary/aromatic N) is 2. The Hall–Kier alpha value is -4.28. The van der Waals surface area contributed by atoms with Crippen LogP contribution in [0.4, 0.5) is 22.0 Å². The van der Waals surface area contributed by atoms with E-state index in [1.54, 1.807) is 0 Å². The summed E-state index contributed by atoms with van der Waals surface area (Å²) in [5.41, 5.74) is -0.831. The van der Waals surface area contributed by atoms with Gasteiger partial charge in [-0.1, -0.05) is 36.4 Å². The molecule has 0 radical (unpaired) electrons. The molecule has 0 aromatic heterocycles. The van der Waals surface area contributed by atoms with Crippen molar-refractivity contribution in [3.05, 3.63) is 95.1 Å². The van der Waals surface area contributed by atoms with Gasteiger partial charge in [-0.2, -0.15) is 13.2 Å². The molecular formula is C27H22F5N3O3. The number of amides is 3. The molecule has 1 heterocycles. The molecule has 0 atom stereocenters. The molecule has 6 nitrogen and oxygen atoms in total. The summed E-state index contributed by atoms with van der Waals surface area (Å²) in [5, 5.41) is 2.49. The lowest BCUT2D eigenvalue weighted by Gasteiger charge is -2.35. The number of halogens is 5. The molecular weight excluding hydrogens is 509 g/mol. The highest BCUT2D eigenvalue weighted by molar-refractivity contribution is 5.97. The molecule has 4 rings (SSSR count). The fraction of sp³-hybridized carbons (Fsp3) is 0.222. The van der Waals surface area contributed by atoms with Gasteiger partial charge in [-0.05, 0) is 35.9 Å². The van der Waals surface area contributed by atoms with Gasteiger partial charge in [-0.15, -0.1) is 0 Å². The molecule has 38 heavy (non-hydrogen) atoms. The monoisotopic (exact) mass is 531 g/mol. The average molecular weight is 531 g/mol. The normalized spacial score (nSPS) is 13.8. The van der Waals surface area contributed by atoms with Crippen LogP contribution in [0.3, 0.4) is 0 Å². The maximum absolute atomic E-state index is 14.0. The number of benzene rings is 3. The highest BCUT2D eigenvalue weighted by Gasteiger charge is 2.36. The third kappa shape index (κ3) is 5.82. The van der Waals surface area contributed by atoms with E-state index >= 15 is 0 Å². The molecule has 0 unspecified atom stereocenters. The van der Waals surface area contributed by atoms with E-state index in [0.717, 1.165) is 18.2 Å². The minimum absolute atomic E-state index is 0.0445. The van der Waals surface area contributed by atoms with Crippen molar-refractivity contribution in [1.82, 2.24) is 15.1 Å². The number of piperazine rings is 1. The van der Waals surface area contributed by atoms with Crippen LogP contribution in [-0.4, -0.2) is 60.2 Å². The van der Waals surface area contributed by atoms with Crippen LogP contribution in [-0.2, 0) is 11.0 Å². The van der Waals surface area contributed by atoms with E-state index in [9.17, 15) is 36.3 Å². The summed E-state index contributed by atoms with van der Waals surface area (Å²) in [6.07, 6.45) is -4.67. The maximum atomic E-state index is 14.0. The Morgan fingerprint density at radius 3 is 2.08 bits per heavy atom. The Bertz CT molecular complexity index is 1350. The molecule has 1 saturated heterocycles. The van der Waals surface area contributed by atoms with Gasteiger partial charge >= 0.3 is 6.18 Å². The molecule has 1 fully saturated rings. The lowest BCUT2D eigenvalue weighted by Crippen LogP contribution is -2.52. The first kappa shape index (κ1) is 26.8. The molecule has 0 spiro atoms. The zero-order valence-electron chi connectivity index (χ0n) is 19.9. The Labute approximate surface area is 214 Å². The third-order valence-corrected chi connectivity index (χ3v) is 6.19. The first-order chi connectivity index (χ1) is 18.1. The lowest BCUT2D eigenvalue weighted by molar-refractivity contribution is -0.138. The van der Waals surface area contributed by atoms with Crippen LogP contribution < -0.4 is 5.32 Å². The van der Waals surface area contributed by atoms with E-state index in [4.69, 9.17) is 0 Å². The number of hydrogen-bond acceptors (Lipinski definition) is 3. The Kier molecular flexibility index (Phi) is 7.75. The summed E-state index contributed by atoms with van der Waals surface area (Å²) < 4.78 is 67.2. The molecule has 3 aromatic rings. The van der Waals surface area contributed by atoms with Crippen molar-refractivity contribution >= 4 is 17.7 Å². The second-order valence-corrected chi connectivity index (χ2v) is 8.58. The van der Waals surface area contributed by atoms with Crippen molar-refractivity contribution in [1.29, 1.82) is 0 Å². The first-order valence-corrected chi connectivity index (χ1v) is 11.6. The van der Waals surface area contributed by atoms with E-state index in [0.29, 0.717) is 5.56 Å². The summed E-state index contributed by atoms with van der Waals surface area (Å²) in [7, 11) is 0. The topological polar surface area (TPSA) is 69.7 Å². The number of nitrogens with one attached hydrogen (secondary N) is 1. The van der Waals surface area contributed by atoms with Crippen LogP contribution in [0.1, 0.15) is 26.3 Å². The van der Waals surface area contributed by atoms with Crippen molar-refractivity contribution in [2.45, 2.75) is 6.18 Å². The van der Waals surface area contributed by atoms with Gasteiger partial charge in [0.25, 0.3) is 11.8 Å². The summed E-state index contributed by atoms with van der Waals surface area (Å²) in [6.45, 7) is -0.0410. The minimum atomic E-state index is -4.67. The van der Waals surface area contributed by atoms with Gasteiger partial charge in [0.2, 0.25) is 5.91 Å². The standard InChI is InChI=1S/C27H22F5N3O3/c28-22-7-3-5-19(24(22)29)17-8-10-18(11-9-17)25(37)33-16-23(36)34-12-14-35(15-13-34)26(38)20-4-1-2-6-21(20)27(30,31)32/h1-11H,12-16H2,(H,33,37). The fourth-order valence-corrected chi connectivity index (χ4v) is 4.14. The number of carbonyl (C=O) groups is 3. The second kappa shape index (κ2) is 11.0. The molecule has 1 N–H and O–H groups in total. The minimum Gasteiger partial charge on any atom is -0.343 e. The molecule has 1 aliphatic rings.